The molecule has 1 saturated carbocycles. The van der Waals surface area contributed by atoms with Crippen molar-refractivity contribution in [2.24, 2.45) is 5.92 Å². The minimum Gasteiger partial charge on any atom is -0.440 e. The van der Waals surface area contributed by atoms with E-state index in [1.165, 1.54) is 0 Å². The molecule has 3 aliphatic rings. The number of amides is 1. The zero-order valence-corrected chi connectivity index (χ0v) is 15.3. The Balaban J connectivity index is 1.59. The first-order valence-corrected chi connectivity index (χ1v) is 9.50. The molecule has 5 rings (SSSR count). The first-order chi connectivity index (χ1) is 12.7. The lowest BCUT2D eigenvalue weighted by molar-refractivity contribution is -0.192. The number of hydrogen-bond donors (Lipinski definition) is 0. The Morgan fingerprint density at radius 2 is 2.07 bits per heavy atom. The number of nitrogens with zero attached hydrogens (tertiary/aromatic N) is 2. The summed E-state index contributed by atoms with van der Waals surface area (Å²) < 4.78 is 45.1. The van der Waals surface area contributed by atoms with Gasteiger partial charge in [-0.15, -0.1) is 0 Å². The third kappa shape index (κ3) is 2.43. The van der Waals surface area contributed by atoms with Crippen LogP contribution in [0.5, 0.6) is 0 Å². The molecule has 1 saturated heterocycles. The number of hydrogen-bond acceptors (Lipinski definition) is 3. The number of oxazole rings is 1. The van der Waals surface area contributed by atoms with Crippen molar-refractivity contribution in [3.8, 4) is 0 Å². The predicted molar refractivity (Wildman–Crippen MR) is 92.4 cm³/mol. The summed E-state index contributed by atoms with van der Waals surface area (Å²) in [6, 6.07) is 3.55. The van der Waals surface area contributed by atoms with Crippen molar-refractivity contribution in [3.05, 3.63) is 29.2 Å². The van der Waals surface area contributed by atoms with Crippen LogP contribution in [0.4, 0.5) is 13.2 Å². The van der Waals surface area contributed by atoms with Crippen molar-refractivity contribution in [1.29, 1.82) is 0 Å². The van der Waals surface area contributed by atoms with Crippen molar-refractivity contribution in [1.82, 2.24) is 9.88 Å². The summed E-state index contributed by atoms with van der Waals surface area (Å²) in [7, 11) is 0. The normalized spacial score (nSPS) is 30.5. The molecule has 2 fully saturated rings. The number of aromatic nitrogens is 1. The van der Waals surface area contributed by atoms with Gasteiger partial charge in [-0.25, -0.2) is 4.98 Å². The van der Waals surface area contributed by atoms with E-state index in [0.29, 0.717) is 18.8 Å². The highest BCUT2D eigenvalue weighted by Gasteiger charge is 2.54. The first kappa shape index (κ1) is 17.1. The molecule has 144 valence electrons. The van der Waals surface area contributed by atoms with Crippen molar-refractivity contribution in [2.75, 3.05) is 6.54 Å². The van der Waals surface area contributed by atoms with Gasteiger partial charge in [-0.1, -0.05) is 13.8 Å². The van der Waals surface area contributed by atoms with Gasteiger partial charge in [0.25, 0.3) is 0 Å². The quantitative estimate of drug-likeness (QED) is 0.743. The Kier molecular flexibility index (Phi) is 3.33. The molecule has 2 bridgehead atoms. The number of benzene rings is 1. The van der Waals surface area contributed by atoms with Crippen LogP contribution in [0.1, 0.15) is 56.0 Å². The maximum Gasteiger partial charge on any atom is 0.471 e. The minimum atomic E-state index is -4.83. The van der Waals surface area contributed by atoms with Crippen LogP contribution in [-0.2, 0) is 16.6 Å². The summed E-state index contributed by atoms with van der Waals surface area (Å²) in [4.78, 5) is 17.6. The van der Waals surface area contributed by atoms with Gasteiger partial charge in [0.05, 0.1) is 0 Å². The van der Waals surface area contributed by atoms with Crippen LogP contribution in [0.25, 0.3) is 11.1 Å². The Morgan fingerprint density at radius 3 is 2.74 bits per heavy atom. The number of fused-ring (bicyclic) bond motifs is 5. The summed E-state index contributed by atoms with van der Waals surface area (Å²) >= 11 is 0. The predicted octanol–water partition coefficient (Wildman–Crippen LogP) is 4.32. The van der Waals surface area contributed by atoms with Crippen LogP contribution >= 0.6 is 0 Å². The second kappa shape index (κ2) is 5.26. The van der Waals surface area contributed by atoms with E-state index in [-0.39, 0.29) is 17.9 Å². The van der Waals surface area contributed by atoms with Gasteiger partial charge in [0.15, 0.2) is 11.5 Å². The third-order valence-electron chi connectivity index (χ3n) is 6.96. The van der Waals surface area contributed by atoms with Crippen molar-refractivity contribution in [3.63, 3.8) is 0 Å². The van der Waals surface area contributed by atoms with Gasteiger partial charge < -0.3 is 9.32 Å². The molecule has 27 heavy (non-hydrogen) atoms. The van der Waals surface area contributed by atoms with Gasteiger partial charge >= 0.3 is 12.1 Å². The highest BCUT2D eigenvalue weighted by molar-refractivity contribution is 5.83. The lowest BCUT2D eigenvalue weighted by atomic mass is 9.59. The fraction of sp³-hybridized carbons (Fsp3) is 0.600. The van der Waals surface area contributed by atoms with E-state index in [4.69, 9.17) is 4.42 Å². The molecule has 2 heterocycles. The molecule has 2 aliphatic carbocycles. The number of carbonyl (C=O) groups is 1. The van der Waals surface area contributed by atoms with E-state index in [1.807, 2.05) is 19.1 Å². The van der Waals surface area contributed by atoms with Gasteiger partial charge in [0.1, 0.15) is 5.52 Å². The molecule has 1 aromatic heterocycles. The molecular weight excluding hydrogens is 357 g/mol. The highest BCUT2D eigenvalue weighted by Crippen LogP contribution is 2.50. The number of carbonyl (C=O) groups excluding carboxylic acids is 1. The Bertz CT molecular complexity index is 947. The lowest BCUT2D eigenvalue weighted by Crippen LogP contribution is -2.61. The molecule has 2 aromatic rings. The number of halogens is 3. The zero-order chi connectivity index (χ0) is 19.1. The Morgan fingerprint density at radius 1 is 1.33 bits per heavy atom. The smallest absolute Gasteiger partial charge is 0.440 e. The van der Waals surface area contributed by atoms with Crippen LogP contribution in [0.2, 0.25) is 0 Å². The summed E-state index contributed by atoms with van der Waals surface area (Å²) in [6.45, 7) is 4.19. The van der Waals surface area contributed by atoms with E-state index in [9.17, 15) is 18.0 Å². The van der Waals surface area contributed by atoms with Crippen molar-refractivity contribution in [2.45, 2.75) is 63.1 Å². The van der Waals surface area contributed by atoms with Gasteiger partial charge in [-0.05, 0) is 60.3 Å². The summed E-state index contributed by atoms with van der Waals surface area (Å²) in [5, 5.41) is 0. The van der Waals surface area contributed by atoms with Gasteiger partial charge in [0.2, 0.25) is 0 Å². The van der Waals surface area contributed by atoms with Gasteiger partial charge in [-0.3, -0.25) is 4.79 Å². The van der Waals surface area contributed by atoms with E-state index in [2.05, 4.69) is 11.9 Å². The average molecular weight is 378 g/mol. The van der Waals surface area contributed by atoms with Crippen molar-refractivity contribution < 1.29 is 22.4 Å². The summed E-state index contributed by atoms with van der Waals surface area (Å²) in [5.74, 6) is -0.609. The largest absolute Gasteiger partial charge is 0.471 e. The van der Waals surface area contributed by atoms with E-state index in [1.54, 1.807) is 0 Å². The number of likely N-dealkylation sites (tertiary alicyclic amines) is 1. The Labute approximate surface area is 154 Å². The molecular formula is C20H21F3N2O2. The van der Waals surface area contributed by atoms with E-state index < -0.39 is 18.1 Å². The van der Waals surface area contributed by atoms with Crippen LogP contribution in [-0.4, -0.2) is 34.6 Å². The van der Waals surface area contributed by atoms with Crippen LogP contribution in [0, 0.1) is 5.92 Å². The molecule has 0 radical (unpaired) electrons. The Hall–Kier alpha value is -2.05. The molecule has 1 aliphatic heterocycles. The van der Waals surface area contributed by atoms with Crippen LogP contribution in [0.3, 0.4) is 0 Å². The first-order valence-electron chi connectivity index (χ1n) is 9.50. The maximum atomic E-state index is 13.1. The van der Waals surface area contributed by atoms with Gasteiger partial charge in [0, 0.05) is 18.5 Å². The fourth-order valence-corrected chi connectivity index (χ4v) is 4.99. The van der Waals surface area contributed by atoms with E-state index >= 15 is 0 Å². The standard InChI is InChI=1S/C20H21F3N2O2/c1-10-15-8-12-7-14-16(27-17(24-14)11-3-4-11)9-13(12)19(10,2)5-6-25(15)18(26)20(21,22)23/h7,9-11,15H,3-6,8H2,1-2H3/t10-,15-,19-/m1/s1. The second-order valence-electron chi connectivity index (χ2n) is 8.53. The number of piperidine rings is 1. The maximum absolute atomic E-state index is 13.1. The summed E-state index contributed by atoms with van der Waals surface area (Å²) in [6.07, 6.45) is -1.71. The molecule has 3 atom stereocenters. The topological polar surface area (TPSA) is 46.3 Å². The molecule has 1 aromatic carbocycles. The highest BCUT2D eigenvalue weighted by atomic mass is 19.4. The molecule has 0 unspecified atom stereocenters. The molecule has 7 heteroatoms. The SMILES string of the molecule is C[C@@H]1[C@H]2Cc3cc4nc(C5CC5)oc4cc3[C@]1(C)CCN2C(=O)C(F)(F)F. The van der Waals surface area contributed by atoms with E-state index in [0.717, 1.165) is 45.9 Å². The molecule has 0 N–H and O–H groups in total. The third-order valence-corrected chi connectivity index (χ3v) is 6.96. The lowest BCUT2D eigenvalue weighted by Gasteiger charge is -2.54. The fourth-order valence-electron chi connectivity index (χ4n) is 4.99. The van der Waals surface area contributed by atoms with Crippen LogP contribution < -0.4 is 0 Å². The molecule has 1 amide bonds. The molecule has 0 spiro atoms. The monoisotopic (exact) mass is 378 g/mol. The summed E-state index contributed by atoms with van der Waals surface area (Å²) in [5.41, 5.74) is 3.37. The van der Waals surface area contributed by atoms with Gasteiger partial charge in [-0.2, -0.15) is 13.2 Å². The van der Waals surface area contributed by atoms with Crippen molar-refractivity contribution >= 4 is 17.0 Å². The number of alkyl halides is 3. The van der Waals surface area contributed by atoms with Crippen LogP contribution in [0.15, 0.2) is 16.5 Å². The minimum absolute atomic E-state index is 0.0617. The second-order valence-corrected chi connectivity index (χ2v) is 8.53. The molecule has 4 nitrogen and oxygen atoms in total. The average Bonchev–Trinajstić information content (AvgIpc) is 3.36. The number of rotatable bonds is 1. The zero-order valence-electron chi connectivity index (χ0n) is 15.3.